The highest BCUT2D eigenvalue weighted by Gasteiger charge is 2.40. The number of hydrogen-bond donors (Lipinski definition) is 1. The zero-order valence-electron chi connectivity index (χ0n) is 14.9. The molecule has 1 aliphatic heterocycles. The Hall–Kier alpha value is -3.22. The highest BCUT2D eigenvalue weighted by molar-refractivity contribution is 5.95. The van der Waals surface area contributed by atoms with Crippen LogP contribution in [0.2, 0.25) is 0 Å². The number of rotatable bonds is 5. The molecule has 2 atom stereocenters. The minimum atomic E-state index is -0.952. The molecule has 1 amide bonds. The second-order valence-electron chi connectivity index (χ2n) is 6.63. The predicted molar refractivity (Wildman–Crippen MR) is 98.7 cm³/mol. The van der Waals surface area contributed by atoms with E-state index in [0.29, 0.717) is 12.0 Å². The Balaban J connectivity index is 1.88. The van der Waals surface area contributed by atoms with Crippen LogP contribution in [0.4, 0.5) is 5.69 Å². The van der Waals surface area contributed by atoms with Crippen molar-refractivity contribution in [2.24, 2.45) is 5.92 Å². The fourth-order valence-corrected chi connectivity index (χ4v) is 3.61. The van der Waals surface area contributed by atoms with Crippen molar-refractivity contribution >= 4 is 17.6 Å². The normalized spacial score (nSPS) is 19.1. The molecule has 3 rings (SSSR count). The van der Waals surface area contributed by atoms with Crippen molar-refractivity contribution in [2.75, 3.05) is 13.1 Å². The third-order valence-corrected chi connectivity index (χ3v) is 5.06. The summed E-state index contributed by atoms with van der Waals surface area (Å²) in [5.74, 6) is -2.35. The molecule has 1 heterocycles. The Bertz CT molecular complexity index is 881. The summed E-state index contributed by atoms with van der Waals surface area (Å²) in [5, 5.41) is 20.8. The SMILES string of the molecule is CCc1ccc(C(=O)N2CC(C(=O)O)C(c3ccccc3)C2)cc1[N+](=O)[O-]. The quantitative estimate of drug-likeness (QED) is 0.645. The summed E-state index contributed by atoms with van der Waals surface area (Å²) >= 11 is 0. The van der Waals surface area contributed by atoms with E-state index in [2.05, 4.69) is 0 Å². The van der Waals surface area contributed by atoms with Gasteiger partial charge in [-0.05, 0) is 18.1 Å². The summed E-state index contributed by atoms with van der Waals surface area (Å²) in [5.41, 5.74) is 1.55. The number of carboxylic acid groups (broad SMARTS) is 1. The summed E-state index contributed by atoms with van der Waals surface area (Å²) in [4.78, 5) is 36.8. The van der Waals surface area contributed by atoms with Gasteiger partial charge in [0.25, 0.3) is 11.6 Å². The number of aryl methyl sites for hydroxylation is 1. The molecular weight excluding hydrogens is 348 g/mol. The van der Waals surface area contributed by atoms with Crippen LogP contribution in [0.15, 0.2) is 48.5 Å². The van der Waals surface area contributed by atoms with Crippen LogP contribution in [0.1, 0.15) is 34.3 Å². The largest absolute Gasteiger partial charge is 0.481 e. The fourth-order valence-electron chi connectivity index (χ4n) is 3.61. The summed E-state index contributed by atoms with van der Waals surface area (Å²) in [6.45, 7) is 2.16. The molecule has 27 heavy (non-hydrogen) atoms. The lowest BCUT2D eigenvalue weighted by atomic mass is 9.89. The van der Waals surface area contributed by atoms with E-state index in [1.54, 1.807) is 12.1 Å². The number of carbonyl (C=O) groups excluding carboxylic acids is 1. The van der Waals surface area contributed by atoms with E-state index in [0.717, 1.165) is 5.56 Å². The topological polar surface area (TPSA) is 101 Å². The number of nitrogens with zero attached hydrogens (tertiary/aromatic N) is 2. The first kappa shape index (κ1) is 18.6. The summed E-state index contributed by atoms with van der Waals surface area (Å²) in [6, 6.07) is 13.7. The van der Waals surface area contributed by atoms with E-state index in [9.17, 15) is 24.8 Å². The van der Waals surface area contributed by atoms with Crippen molar-refractivity contribution in [3.05, 3.63) is 75.3 Å². The number of nitro benzene ring substituents is 1. The molecule has 0 bridgehead atoms. The van der Waals surface area contributed by atoms with E-state index < -0.39 is 16.8 Å². The van der Waals surface area contributed by atoms with Crippen molar-refractivity contribution in [3.8, 4) is 0 Å². The van der Waals surface area contributed by atoms with Crippen LogP contribution in [0.5, 0.6) is 0 Å². The standard InChI is InChI=1S/C20H20N2O5/c1-2-13-8-9-15(10-18(13)22(26)27)19(23)21-11-16(17(12-21)20(24)25)14-6-4-3-5-7-14/h3-10,16-17H,2,11-12H2,1H3,(H,24,25). The average molecular weight is 368 g/mol. The molecule has 0 aromatic heterocycles. The molecule has 2 aromatic carbocycles. The predicted octanol–water partition coefficient (Wildman–Crippen LogP) is 3.10. The lowest BCUT2D eigenvalue weighted by Crippen LogP contribution is -2.30. The highest BCUT2D eigenvalue weighted by atomic mass is 16.6. The van der Waals surface area contributed by atoms with Gasteiger partial charge in [0.2, 0.25) is 0 Å². The van der Waals surface area contributed by atoms with Gasteiger partial charge in [0, 0.05) is 36.2 Å². The summed E-state index contributed by atoms with van der Waals surface area (Å²) < 4.78 is 0. The second-order valence-corrected chi connectivity index (χ2v) is 6.63. The fraction of sp³-hybridized carbons (Fsp3) is 0.300. The molecule has 1 fully saturated rings. The van der Waals surface area contributed by atoms with Gasteiger partial charge in [-0.25, -0.2) is 0 Å². The van der Waals surface area contributed by atoms with E-state index in [1.807, 2.05) is 37.3 Å². The third-order valence-electron chi connectivity index (χ3n) is 5.06. The Labute approximate surface area is 156 Å². The Morgan fingerprint density at radius 3 is 2.48 bits per heavy atom. The van der Waals surface area contributed by atoms with Gasteiger partial charge in [-0.1, -0.05) is 43.3 Å². The molecule has 7 heteroatoms. The smallest absolute Gasteiger partial charge is 0.308 e. The van der Waals surface area contributed by atoms with Crippen LogP contribution in [0.3, 0.4) is 0 Å². The molecular formula is C20H20N2O5. The van der Waals surface area contributed by atoms with E-state index in [-0.39, 0.29) is 36.2 Å². The zero-order chi connectivity index (χ0) is 19.6. The molecule has 0 radical (unpaired) electrons. The monoisotopic (exact) mass is 368 g/mol. The first-order chi connectivity index (χ1) is 12.9. The molecule has 140 valence electrons. The number of likely N-dealkylation sites (tertiary alicyclic amines) is 1. The molecule has 1 aliphatic rings. The second kappa shape index (κ2) is 7.57. The van der Waals surface area contributed by atoms with Crippen molar-refractivity contribution in [3.63, 3.8) is 0 Å². The van der Waals surface area contributed by atoms with Crippen molar-refractivity contribution < 1.29 is 19.6 Å². The van der Waals surface area contributed by atoms with E-state index in [1.165, 1.54) is 11.0 Å². The van der Waals surface area contributed by atoms with Crippen molar-refractivity contribution in [1.29, 1.82) is 0 Å². The number of amides is 1. The molecule has 1 N–H and O–H groups in total. The first-order valence-corrected chi connectivity index (χ1v) is 8.76. The average Bonchev–Trinajstić information content (AvgIpc) is 3.13. The third kappa shape index (κ3) is 3.67. The van der Waals surface area contributed by atoms with Crippen LogP contribution in [-0.2, 0) is 11.2 Å². The number of nitro groups is 1. The number of benzene rings is 2. The Morgan fingerprint density at radius 1 is 1.19 bits per heavy atom. The van der Waals surface area contributed by atoms with Crippen LogP contribution < -0.4 is 0 Å². The van der Waals surface area contributed by atoms with Crippen molar-refractivity contribution in [1.82, 2.24) is 4.90 Å². The number of hydrogen-bond acceptors (Lipinski definition) is 4. The van der Waals surface area contributed by atoms with Gasteiger partial charge >= 0.3 is 5.97 Å². The maximum atomic E-state index is 12.9. The van der Waals surface area contributed by atoms with Crippen LogP contribution in [0.25, 0.3) is 0 Å². The molecule has 0 aliphatic carbocycles. The molecule has 2 unspecified atom stereocenters. The Kier molecular flexibility index (Phi) is 5.21. The summed E-state index contributed by atoms with van der Waals surface area (Å²) in [7, 11) is 0. The van der Waals surface area contributed by atoms with E-state index >= 15 is 0 Å². The lowest BCUT2D eigenvalue weighted by molar-refractivity contribution is -0.385. The highest BCUT2D eigenvalue weighted by Crippen LogP contribution is 2.34. The molecule has 2 aromatic rings. The number of carboxylic acids is 1. The van der Waals surface area contributed by atoms with Gasteiger partial charge in [0.1, 0.15) is 0 Å². The molecule has 0 spiro atoms. The minimum absolute atomic E-state index is 0.0804. The maximum Gasteiger partial charge on any atom is 0.308 e. The van der Waals surface area contributed by atoms with Crippen LogP contribution >= 0.6 is 0 Å². The van der Waals surface area contributed by atoms with Gasteiger partial charge in [-0.15, -0.1) is 0 Å². The van der Waals surface area contributed by atoms with Gasteiger partial charge in [0.05, 0.1) is 10.8 Å². The van der Waals surface area contributed by atoms with Gasteiger partial charge in [0.15, 0.2) is 0 Å². The minimum Gasteiger partial charge on any atom is -0.481 e. The Morgan fingerprint density at radius 2 is 1.89 bits per heavy atom. The molecule has 0 saturated carbocycles. The van der Waals surface area contributed by atoms with Crippen LogP contribution in [0, 0.1) is 16.0 Å². The van der Waals surface area contributed by atoms with E-state index in [4.69, 9.17) is 0 Å². The lowest BCUT2D eigenvalue weighted by Gasteiger charge is -2.17. The maximum absolute atomic E-state index is 12.9. The summed E-state index contributed by atoms with van der Waals surface area (Å²) in [6.07, 6.45) is 0.492. The zero-order valence-corrected chi connectivity index (χ0v) is 14.9. The number of carbonyl (C=O) groups is 2. The first-order valence-electron chi connectivity index (χ1n) is 8.76. The molecule has 1 saturated heterocycles. The van der Waals surface area contributed by atoms with Gasteiger partial charge < -0.3 is 10.0 Å². The molecule has 7 nitrogen and oxygen atoms in total. The number of aliphatic carboxylic acids is 1. The van der Waals surface area contributed by atoms with Crippen LogP contribution in [-0.4, -0.2) is 39.9 Å². The van der Waals surface area contributed by atoms with Crippen molar-refractivity contribution in [2.45, 2.75) is 19.3 Å². The van der Waals surface area contributed by atoms with Gasteiger partial charge in [-0.2, -0.15) is 0 Å². The van der Waals surface area contributed by atoms with Gasteiger partial charge in [-0.3, -0.25) is 19.7 Å².